The third kappa shape index (κ3) is 3.87. The van der Waals surface area contributed by atoms with Crippen molar-refractivity contribution in [2.45, 2.75) is 57.3 Å². The van der Waals surface area contributed by atoms with Crippen LogP contribution in [0.3, 0.4) is 0 Å². The molecule has 1 aliphatic rings. The van der Waals surface area contributed by atoms with Crippen LogP contribution in [-0.4, -0.2) is 17.3 Å². The molecule has 1 unspecified atom stereocenters. The summed E-state index contributed by atoms with van der Waals surface area (Å²) in [6, 6.07) is 4.08. The Morgan fingerprint density at radius 3 is 3.00 bits per heavy atom. The number of nitrogens with zero attached hydrogens (tertiary/aromatic N) is 1. The molecule has 2 N–H and O–H groups in total. The summed E-state index contributed by atoms with van der Waals surface area (Å²) < 4.78 is 0. The van der Waals surface area contributed by atoms with E-state index in [9.17, 15) is 4.79 Å². The Morgan fingerprint density at radius 1 is 1.32 bits per heavy atom. The van der Waals surface area contributed by atoms with Crippen molar-refractivity contribution < 1.29 is 4.79 Å². The Hall–Kier alpha value is -1.22. The van der Waals surface area contributed by atoms with E-state index in [4.69, 9.17) is 5.73 Å². The number of pyridine rings is 1. The number of ketones is 1. The van der Waals surface area contributed by atoms with Crippen LogP contribution in [0.4, 0.5) is 0 Å². The van der Waals surface area contributed by atoms with E-state index < -0.39 is 0 Å². The molecule has 0 spiro atoms. The second-order valence-electron chi connectivity index (χ2n) is 5.41. The van der Waals surface area contributed by atoms with Crippen molar-refractivity contribution >= 4 is 5.78 Å². The number of fused-ring (bicyclic) bond motifs is 1. The minimum atomic E-state index is 0.0551. The average Bonchev–Trinajstić information content (AvgIpc) is 2.46. The van der Waals surface area contributed by atoms with Crippen LogP contribution in [0, 0.1) is 0 Å². The van der Waals surface area contributed by atoms with Gasteiger partial charge in [-0.2, -0.15) is 0 Å². The number of aromatic nitrogens is 1. The molecule has 1 aromatic rings. The van der Waals surface area contributed by atoms with Crippen LogP contribution >= 0.6 is 0 Å². The molecular weight excluding hydrogens is 236 g/mol. The summed E-state index contributed by atoms with van der Waals surface area (Å²) in [5.74, 6) is 0.437. The zero-order valence-electron chi connectivity index (χ0n) is 11.6. The van der Waals surface area contributed by atoms with E-state index in [1.807, 2.05) is 12.3 Å². The van der Waals surface area contributed by atoms with Gasteiger partial charge in [-0.25, -0.2) is 0 Å². The van der Waals surface area contributed by atoms with Crippen LogP contribution < -0.4 is 5.73 Å². The minimum absolute atomic E-state index is 0.0551. The van der Waals surface area contributed by atoms with Gasteiger partial charge in [0.05, 0.1) is 11.6 Å². The molecule has 1 heterocycles. The molecule has 0 radical (unpaired) electrons. The Bertz CT molecular complexity index is 417. The fraction of sp³-hybridized carbons (Fsp3) is 0.625. The monoisotopic (exact) mass is 260 g/mol. The molecule has 0 fully saturated rings. The predicted molar refractivity (Wildman–Crippen MR) is 77.1 cm³/mol. The highest BCUT2D eigenvalue weighted by molar-refractivity contribution is 5.85. The molecule has 0 aromatic carbocycles. The number of hydrogen-bond acceptors (Lipinski definition) is 3. The first kappa shape index (κ1) is 14.2. The fourth-order valence-electron chi connectivity index (χ4n) is 2.89. The maximum absolute atomic E-state index is 12.3. The zero-order chi connectivity index (χ0) is 13.5. The molecule has 1 atom stereocenters. The van der Waals surface area contributed by atoms with E-state index >= 15 is 0 Å². The summed E-state index contributed by atoms with van der Waals surface area (Å²) in [6.45, 7) is 0.758. The standard InChI is InChI=1S/C16H24N2O/c17-11-4-2-1-3-10-15(19)14-9-5-7-13-8-6-12-18-16(13)14/h6,8,12,14H,1-5,7,9-11,17H2. The van der Waals surface area contributed by atoms with Gasteiger partial charge in [0.15, 0.2) is 0 Å². The summed E-state index contributed by atoms with van der Waals surface area (Å²) in [4.78, 5) is 16.8. The zero-order valence-corrected chi connectivity index (χ0v) is 11.6. The Kier molecular flexibility index (Phi) is 5.52. The van der Waals surface area contributed by atoms with Crippen LogP contribution in [0.2, 0.25) is 0 Å². The molecule has 1 aliphatic carbocycles. The number of carbonyl (C=O) groups excluding carboxylic acids is 1. The summed E-state index contributed by atoms with van der Waals surface area (Å²) in [7, 11) is 0. The lowest BCUT2D eigenvalue weighted by atomic mass is 9.82. The first-order chi connectivity index (χ1) is 9.33. The number of hydrogen-bond donors (Lipinski definition) is 1. The summed E-state index contributed by atoms with van der Waals surface area (Å²) in [5.41, 5.74) is 7.78. The third-order valence-corrected chi connectivity index (χ3v) is 3.96. The number of unbranched alkanes of at least 4 members (excludes halogenated alkanes) is 3. The van der Waals surface area contributed by atoms with Gasteiger partial charge in [-0.05, 0) is 50.3 Å². The summed E-state index contributed by atoms with van der Waals surface area (Å²) in [6.07, 6.45) is 10.0. The lowest BCUT2D eigenvalue weighted by molar-refractivity contribution is -0.121. The molecular formula is C16H24N2O. The minimum Gasteiger partial charge on any atom is -0.330 e. The molecule has 1 aromatic heterocycles. The Labute approximate surface area is 115 Å². The van der Waals surface area contributed by atoms with Crippen LogP contribution in [0.25, 0.3) is 0 Å². The molecule has 19 heavy (non-hydrogen) atoms. The van der Waals surface area contributed by atoms with Crippen molar-refractivity contribution in [2.24, 2.45) is 5.73 Å². The summed E-state index contributed by atoms with van der Waals surface area (Å²) in [5, 5.41) is 0. The van der Waals surface area contributed by atoms with Gasteiger partial charge in [0.2, 0.25) is 0 Å². The number of Topliss-reactive ketones (excluding diaryl/α,β-unsaturated/α-hetero) is 1. The van der Waals surface area contributed by atoms with Crippen LogP contribution in [0.15, 0.2) is 18.3 Å². The molecule has 104 valence electrons. The van der Waals surface area contributed by atoms with E-state index in [1.165, 1.54) is 5.56 Å². The quantitative estimate of drug-likeness (QED) is 0.767. The van der Waals surface area contributed by atoms with Crippen molar-refractivity contribution in [3.05, 3.63) is 29.6 Å². The Balaban J connectivity index is 1.86. The maximum atomic E-state index is 12.3. The first-order valence-electron chi connectivity index (χ1n) is 7.49. The number of aryl methyl sites for hydroxylation is 1. The van der Waals surface area contributed by atoms with Crippen molar-refractivity contribution in [3.63, 3.8) is 0 Å². The molecule has 0 saturated heterocycles. The van der Waals surface area contributed by atoms with E-state index in [-0.39, 0.29) is 5.92 Å². The average molecular weight is 260 g/mol. The lowest BCUT2D eigenvalue weighted by Crippen LogP contribution is -2.19. The SMILES string of the molecule is NCCCCCCC(=O)C1CCCc2cccnc21. The Morgan fingerprint density at radius 2 is 2.16 bits per heavy atom. The molecule has 3 nitrogen and oxygen atoms in total. The molecule has 0 saturated carbocycles. The van der Waals surface area contributed by atoms with Gasteiger partial charge in [-0.3, -0.25) is 9.78 Å². The molecule has 0 amide bonds. The fourth-order valence-corrected chi connectivity index (χ4v) is 2.89. The second-order valence-corrected chi connectivity index (χ2v) is 5.41. The van der Waals surface area contributed by atoms with Crippen molar-refractivity contribution in [3.8, 4) is 0 Å². The van der Waals surface area contributed by atoms with Gasteiger partial charge in [-0.1, -0.05) is 18.9 Å². The van der Waals surface area contributed by atoms with Crippen molar-refractivity contribution in [2.75, 3.05) is 6.54 Å². The van der Waals surface area contributed by atoms with Gasteiger partial charge in [0.1, 0.15) is 5.78 Å². The van der Waals surface area contributed by atoms with E-state index in [0.717, 1.165) is 57.2 Å². The number of rotatable bonds is 7. The van der Waals surface area contributed by atoms with Gasteiger partial charge >= 0.3 is 0 Å². The van der Waals surface area contributed by atoms with Crippen LogP contribution in [-0.2, 0) is 11.2 Å². The highest BCUT2D eigenvalue weighted by Gasteiger charge is 2.26. The third-order valence-electron chi connectivity index (χ3n) is 3.96. The van der Waals surface area contributed by atoms with Gasteiger partial charge in [0.25, 0.3) is 0 Å². The molecule has 3 heteroatoms. The second kappa shape index (κ2) is 7.39. The van der Waals surface area contributed by atoms with Gasteiger partial charge in [0, 0.05) is 12.6 Å². The maximum Gasteiger partial charge on any atom is 0.141 e. The van der Waals surface area contributed by atoms with Gasteiger partial charge < -0.3 is 5.73 Å². The van der Waals surface area contributed by atoms with Gasteiger partial charge in [-0.15, -0.1) is 0 Å². The van der Waals surface area contributed by atoms with Crippen molar-refractivity contribution in [1.29, 1.82) is 0 Å². The summed E-state index contributed by atoms with van der Waals surface area (Å²) >= 11 is 0. The normalized spacial score (nSPS) is 18.1. The molecule has 0 bridgehead atoms. The van der Waals surface area contributed by atoms with E-state index in [2.05, 4.69) is 11.1 Å². The highest BCUT2D eigenvalue weighted by atomic mass is 16.1. The van der Waals surface area contributed by atoms with Crippen LogP contribution in [0.1, 0.15) is 62.1 Å². The topological polar surface area (TPSA) is 56.0 Å². The van der Waals surface area contributed by atoms with Crippen LogP contribution in [0.5, 0.6) is 0 Å². The van der Waals surface area contributed by atoms with E-state index in [0.29, 0.717) is 12.2 Å². The number of carbonyl (C=O) groups is 1. The first-order valence-corrected chi connectivity index (χ1v) is 7.49. The smallest absolute Gasteiger partial charge is 0.141 e. The molecule has 2 rings (SSSR count). The molecule has 0 aliphatic heterocycles. The lowest BCUT2D eigenvalue weighted by Gasteiger charge is -2.23. The largest absolute Gasteiger partial charge is 0.330 e. The highest BCUT2D eigenvalue weighted by Crippen LogP contribution is 2.31. The van der Waals surface area contributed by atoms with Crippen molar-refractivity contribution in [1.82, 2.24) is 4.98 Å². The number of nitrogens with two attached hydrogens (primary N) is 1. The van der Waals surface area contributed by atoms with E-state index in [1.54, 1.807) is 0 Å². The predicted octanol–water partition coefficient (Wildman–Crippen LogP) is 2.98.